The molecule has 0 radical (unpaired) electrons. The largest absolute Gasteiger partial charge is 0.345 e. The van der Waals surface area contributed by atoms with E-state index in [0.29, 0.717) is 39.1 Å². The number of rotatable bonds is 1. The van der Waals surface area contributed by atoms with Crippen LogP contribution in [0.15, 0.2) is 0 Å². The van der Waals surface area contributed by atoms with Crippen molar-refractivity contribution in [2.75, 3.05) is 39.8 Å². The molecule has 106 valence electrons. The summed E-state index contributed by atoms with van der Waals surface area (Å²) >= 11 is 0. The maximum Gasteiger partial charge on any atom is 0.228 e. The lowest BCUT2D eigenvalue weighted by Gasteiger charge is -2.24. The molecule has 2 aliphatic heterocycles. The van der Waals surface area contributed by atoms with E-state index in [-0.39, 0.29) is 23.6 Å². The lowest BCUT2D eigenvalue weighted by atomic mass is 10.1. The van der Waals surface area contributed by atoms with Crippen LogP contribution in [0.3, 0.4) is 0 Å². The smallest absolute Gasteiger partial charge is 0.228 e. The average molecular weight is 267 g/mol. The first kappa shape index (κ1) is 13.8. The molecule has 0 bridgehead atoms. The highest BCUT2D eigenvalue weighted by Gasteiger charge is 2.35. The molecule has 0 N–H and O–H groups in total. The van der Waals surface area contributed by atoms with Crippen molar-refractivity contribution >= 4 is 17.7 Å². The van der Waals surface area contributed by atoms with E-state index in [1.807, 2.05) is 0 Å². The molecule has 0 spiro atoms. The third-order valence-electron chi connectivity index (χ3n) is 3.94. The van der Waals surface area contributed by atoms with Crippen LogP contribution in [0.4, 0.5) is 0 Å². The van der Waals surface area contributed by atoms with E-state index in [2.05, 4.69) is 0 Å². The van der Waals surface area contributed by atoms with Crippen molar-refractivity contribution in [3.05, 3.63) is 0 Å². The van der Waals surface area contributed by atoms with Crippen LogP contribution in [0.25, 0.3) is 0 Å². The first-order valence-corrected chi connectivity index (χ1v) is 6.77. The predicted octanol–water partition coefficient (Wildman–Crippen LogP) is -0.454. The van der Waals surface area contributed by atoms with E-state index in [0.717, 1.165) is 6.42 Å². The summed E-state index contributed by atoms with van der Waals surface area (Å²) in [5.74, 6) is -0.0481. The van der Waals surface area contributed by atoms with Gasteiger partial charge in [-0.3, -0.25) is 14.4 Å². The fraction of sp³-hybridized carbons (Fsp3) is 0.769. The summed E-state index contributed by atoms with van der Waals surface area (Å²) in [5, 5.41) is 0. The van der Waals surface area contributed by atoms with Crippen LogP contribution in [0, 0.1) is 5.92 Å². The molecule has 2 saturated heterocycles. The van der Waals surface area contributed by atoms with Gasteiger partial charge in [0.15, 0.2) is 0 Å². The van der Waals surface area contributed by atoms with Gasteiger partial charge in [-0.1, -0.05) is 0 Å². The zero-order valence-electron chi connectivity index (χ0n) is 11.6. The minimum absolute atomic E-state index is 0.0403. The first-order valence-electron chi connectivity index (χ1n) is 6.77. The van der Waals surface area contributed by atoms with Gasteiger partial charge >= 0.3 is 0 Å². The maximum absolute atomic E-state index is 12.4. The molecule has 3 amide bonds. The molecule has 0 unspecified atom stereocenters. The highest BCUT2D eigenvalue weighted by molar-refractivity contribution is 5.89. The number of nitrogens with zero attached hydrogens (tertiary/aromatic N) is 3. The molecule has 0 aromatic carbocycles. The highest BCUT2D eigenvalue weighted by Crippen LogP contribution is 2.19. The van der Waals surface area contributed by atoms with Gasteiger partial charge in [0.25, 0.3) is 0 Å². The summed E-state index contributed by atoms with van der Waals surface area (Å²) in [4.78, 5) is 40.4. The van der Waals surface area contributed by atoms with Gasteiger partial charge in [-0.2, -0.15) is 0 Å². The van der Waals surface area contributed by atoms with Crippen molar-refractivity contribution in [2.24, 2.45) is 5.92 Å². The minimum Gasteiger partial charge on any atom is -0.345 e. The van der Waals surface area contributed by atoms with Crippen molar-refractivity contribution in [1.82, 2.24) is 14.7 Å². The molecule has 2 rings (SSSR count). The molecule has 0 aromatic heterocycles. The van der Waals surface area contributed by atoms with Crippen LogP contribution >= 0.6 is 0 Å². The van der Waals surface area contributed by atoms with Crippen LogP contribution in [0.2, 0.25) is 0 Å². The summed E-state index contributed by atoms with van der Waals surface area (Å²) in [6.45, 7) is 4.64. The number of carbonyl (C=O) groups is 3. The Kier molecular flexibility index (Phi) is 4.07. The molecule has 2 fully saturated rings. The zero-order chi connectivity index (χ0) is 14.0. The zero-order valence-corrected chi connectivity index (χ0v) is 11.6. The van der Waals surface area contributed by atoms with Crippen LogP contribution in [0.5, 0.6) is 0 Å². The Balaban J connectivity index is 1.93. The second kappa shape index (κ2) is 5.59. The summed E-state index contributed by atoms with van der Waals surface area (Å²) in [6.07, 6.45) is 1.13. The molecule has 2 aliphatic rings. The molecular formula is C13H21N3O3. The molecular weight excluding hydrogens is 246 g/mol. The Morgan fingerprint density at radius 2 is 1.74 bits per heavy atom. The molecule has 19 heavy (non-hydrogen) atoms. The molecule has 2 heterocycles. The summed E-state index contributed by atoms with van der Waals surface area (Å²) in [6, 6.07) is 0. The third kappa shape index (κ3) is 3.05. The van der Waals surface area contributed by atoms with E-state index >= 15 is 0 Å². The van der Waals surface area contributed by atoms with Crippen molar-refractivity contribution in [3.8, 4) is 0 Å². The molecule has 0 aromatic rings. The Labute approximate surface area is 113 Å². The fourth-order valence-corrected chi connectivity index (χ4v) is 2.74. The van der Waals surface area contributed by atoms with Crippen LogP contribution < -0.4 is 0 Å². The van der Waals surface area contributed by atoms with Crippen molar-refractivity contribution < 1.29 is 14.4 Å². The van der Waals surface area contributed by atoms with Gasteiger partial charge in [0.05, 0.1) is 5.92 Å². The minimum atomic E-state index is -0.207. The molecule has 1 atom stereocenters. The van der Waals surface area contributed by atoms with Crippen LogP contribution in [0.1, 0.15) is 19.8 Å². The van der Waals surface area contributed by atoms with E-state index in [1.165, 1.54) is 0 Å². The molecule has 0 saturated carbocycles. The number of likely N-dealkylation sites (tertiary alicyclic amines) is 1. The fourth-order valence-electron chi connectivity index (χ4n) is 2.74. The van der Waals surface area contributed by atoms with Gasteiger partial charge in [-0.05, 0) is 6.42 Å². The third-order valence-corrected chi connectivity index (χ3v) is 3.94. The Hall–Kier alpha value is -1.59. The molecule has 0 aliphatic carbocycles. The number of hydrogen-bond donors (Lipinski definition) is 0. The number of carbonyl (C=O) groups excluding carboxylic acids is 3. The summed E-state index contributed by atoms with van der Waals surface area (Å²) in [5.41, 5.74) is 0. The molecule has 6 nitrogen and oxygen atoms in total. The Morgan fingerprint density at radius 1 is 1.11 bits per heavy atom. The SMILES string of the molecule is CC(=O)N1CCCN(C(=O)[C@@H]2CC(=O)N(C)C2)CC1. The maximum atomic E-state index is 12.4. The Morgan fingerprint density at radius 3 is 2.32 bits per heavy atom. The van der Waals surface area contributed by atoms with Gasteiger partial charge in [-0.15, -0.1) is 0 Å². The van der Waals surface area contributed by atoms with Crippen LogP contribution in [-0.4, -0.2) is 72.2 Å². The lowest BCUT2D eigenvalue weighted by molar-refractivity contribution is -0.136. The number of hydrogen-bond acceptors (Lipinski definition) is 3. The topological polar surface area (TPSA) is 60.9 Å². The van der Waals surface area contributed by atoms with Gasteiger partial charge in [0, 0.05) is 53.1 Å². The van der Waals surface area contributed by atoms with E-state index < -0.39 is 0 Å². The standard InChI is InChI=1S/C13H21N3O3/c1-10(17)15-4-3-5-16(7-6-15)13(19)11-8-12(18)14(2)9-11/h11H,3-9H2,1-2H3/t11-/m1/s1. The second-order valence-corrected chi connectivity index (χ2v) is 5.36. The van der Waals surface area contributed by atoms with E-state index in [9.17, 15) is 14.4 Å². The van der Waals surface area contributed by atoms with Crippen LogP contribution in [-0.2, 0) is 14.4 Å². The Bertz CT molecular complexity index is 397. The molecule has 6 heteroatoms. The van der Waals surface area contributed by atoms with E-state index in [4.69, 9.17) is 0 Å². The number of amides is 3. The van der Waals surface area contributed by atoms with E-state index in [1.54, 1.807) is 28.7 Å². The van der Waals surface area contributed by atoms with Gasteiger partial charge in [0.1, 0.15) is 0 Å². The van der Waals surface area contributed by atoms with Crippen molar-refractivity contribution in [2.45, 2.75) is 19.8 Å². The predicted molar refractivity (Wildman–Crippen MR) is 69.2 cm³/mol. The van der Waals surface area contributed by atoms with Gasteiger partial charge in [-0.25, -0.2) is 0 Å². The lowest BCUT2D eigenvalue weighted by Crippen LogP contribution is -2.40. The second-order valence-electron chi connectivity index (χ2n) is 5.36. The summed E-state index contributed by atoms with van der Waals surface area (Å²) in [7, 11) is 1.73. The normalized spacial score (nSPS) is 24.6. The first-order chi connectivity index (χ1) is 8.99. The van der Waals surface area contributed by atoms with Crippen molar-refractivity contribution in [3.63, 3.8) is 0 Å². The average Bonchev–Trinajstić information content (AvgIpc) is 2.59. The monoisotopic (exact) mass is 267 g/mol. The summed E-state index contributed by atoms with van der Waals surface area (Å²) < 4.78 is 0. The van der Waals surface area contributed by atoms with Crippen molar-refractivity contribution in [1.29, 1.82) is 0 Å². The van der Waals surface area contributed by atoms with Gasteiger partial charge in [0.2, 0.25) is 17.7 Å². The highest BCUT2D eigenvalue weighted by atomic mass is 16.2. The van der Waals surface area contributed by atoms with Gasteiger partial charge < -0.3 is 14.7 Å². The quantitative estimate of drug-likeness (QED) is 0.646.